The van der Waals surface area contributed by atoms with E-state index < -0.39 is 32.3 Å². The van der Waals surface area contributed by atoms with Crippen LogP contribution in [-0.4, -0.2) is 32.3 Å². The van der Waals surface area contributed by atoms with Gasteiger partial charge in [-0.05, 0) is 57.1 Å². The van der Waals surface area contributed by atoms with Gasteiger partial charge in [-0.3, -0.25) is 0 Å². The minimum Gasteiger partial charge on any atom is -1.00 e. The molecule has 0 amide bonds. The normalized spacial score (nSPS) is 12.1. The third-order valence-electron chi connectivity index (χ3n) is 11.0. The first-order chi connectivity index (χ1) is 20.9. The van der Waals surface area contributed by atoms with Gasteiger partial charge in [0.25, 0.3) is 0 Å². The average molecular weight is 835 g/mol. The van der Waals surface area contributed by atoms with Crippen LogP contribution in [0.25, 0.3) is 0 Å². The van der Waals surface area contributed by atoms with Gasteiger partial charge in [-0.25, -0.2) is 0 Å². The molecular formula is C42H63Cl3Si4Ti. The molecule has 272 valence electrons. The Morgan fingerprint density at radius 1 is 0.400 bits per heavy atom. The molecule has 0 bridgehead atoms. The van der Waals surface area contributed by atoms with E-state index in [1.165, 1.54) is 55.6 Å². The fourth-order valence-electron chi connectivity index (χ4n) is 9.80. The average Bonchev–Trinajstić information content (AvgIpc) is 3.04. The molecule has 4 aromatic carbocycles. The predicted octanol–water partition coefficient (Wildman–Crippen LogP) is -1.49. The van der Waals surface area contributed by atoms with Crippen molar-refractivity contribution < 1.29 is 58.9 Å². The zero-order valence-electron chi connectivity index (χ0n) is 34.6. The van der Waals surface area contributed by atoms with E-state index in [0.717, 1.165) is 0 Å². The van der Waals surface area contributed by atoms with Gasteiger partial charge in [-0.1, -0.05) is 172 Å². The number of halogens is 3. The molecule has 0 aliphatic heterocycles. The summed E-state index contributed by atoms with van der Waals surface area (Å²) in [7, 11) is -7.40. The van der Waals surface area contributed by atoms with Crippen molar-refractivity contribution in [3.05, 3.63) is 92.0 Å². The molecule has 0 aromatic heterocycles. The smallest absolute Gasteiger partial charge is 1.00 e. The van der Waals surface area contributed by atoms with Gasteiger partial charge < -0.3 is 37.2 Å². The van der Waals surface area contributed by atoms with Crippen LogP contribution in [0, 0.1) is 69.2 Å². The molecule has 50 heavy (non-hydrogen) atoms. The Labute approximate surface area is 345 Å². The summed E-state index contributed by atoms with van der Waals surface area (Å²) in [5.74, 6) is 0. The van der Waals surface area contributed by atoms with Crippen molar-refractivity contribution in [1.82, 2.24) is 0 Å². The van der Waals surface area contributed by atoms with Crippen LogP contribution in [-0.2, 0) is 21.7 Å². The summed E-state index contributed by atoms with van der Waals surface area (Å²) in [4.78, 5) is 0. The molecule has 0 fully saturated rings. The van der Waals surface area contributed by atoms with Crippen molar-refractivity contribution in [2.45, 2.75) is 128 Å². The minimum atomic E-state index is -2.79. The maximum atomic E-state index is 2.65. The molecule has 4 rings (SSSR count). The van der Waals surface area contributed by atoms with E-state index in [0.29, 0.717) is 0 Å². The summed E-state index contributed by atoms with van der Waals surface area (Å²) in [5, 5.41) is 11.2. The van der Waals surface area contributed by atoms with Gasteiger partial charge in [0.15, 0.2) is 8.07 Å². The second-order valence-electron chi connectivity index (χ2n) is 17.8. The maximum Gasteiger partial charge on any atom is 4.00 e. The Morgan fingerprint density at radius 3 is 0.780 bits per heavy atom. The molecule has 0 saturated carbocycles. The van der Waals surface area contributed by atoms with E-state index in [4.69, 9.17) is 0 Å². The van der Waals surface area contributed by atoms with Gasteiger partial charge in [0.2, 0.25) is 0 Å². The van der Waals surface area contributed by atoms with Gasteiger partial charge >= 0.3 is 21.7 Å². The number of hydrogen-bond donors (Lipinski definition) is 0. The quantitative estimate of drug-likeness (QED) is 0.121. The minimum absolute atomic E-state index is 0. The Kier molecular flexibility index (Phi) is 16.7. The Balaban J connectivity index is 0.00000600. The van der Waals surface area contributed by atoms with Crippen molar-refractivity contribution in [1.29, 1.82) is 0 Å². The van der Waals surface area contributed by atoms with Crippen LogP contribution in [0.1, 0.15) is 55.6 Å². The summed E-state index contributed by atoms with van der Waals surface area (Å²) >= 11 is 0. The van der Waals surface area contributed by atoms with Crippen LogP contribution in [0.3, 0.4) is 0 Å². The van der Waals surface area contributed by atoms with Gasteiger partial charge in [0.1, 0.15) is 0 Å². The van der Waals surface area contributed by atoms with Gasteiger partial charge in [0, 0.05) is 0 Å². The zero-order chi connectivity index (χ0) is 35.1. The zero-order valence-corrected chi connectivity index (χ0v) is 42.4. The maximum absolute atomic E-state index is 2.79. The molecule has 0 atom stereocenters. The van der Waals surface area contributed by atoms with Crippen LogP contribution in [0.4, 0.5) is 0 Å². The fourth-order valence-corrected chi connectivity index (χ4v) is 23.3. The Hall–Kier alpha value is -0.538. The Bertz CT molecular complexity index is 1590. The van der Waals surface area contributed by atoms with Crippen LogP contribution >= 0.6 is 0 Å². The first-order valence-electron chi connectivity index (χ1n) is 17.5. The molecule has 0 saturated heterocycles. The van der Waals surface area contributed by atoms with Crippen LogP contribution in [0.5, 0.6) is 0 Å². The largest absolute Gasteiger partial charge is 4.00 e. The van der Waals surface area contributed by atoms with Crippen molar-refractivity contribution in [2.24, 2.45) is 0 Å². The molecule has 0 spiro atoms. The standard InChI is InChI=1S/C42H63Si4.3ClH.Ti/c1-26-20-36(21-27(2)39(26)43(11,12)13)46(42-34(9)32(7)33(8)35(42)10,37-22-28(3)40(29(4)23-37)44(14,15)16)38-24-30(5)41(31(6)25-38)45(17,18)19;;;;/h20-25H,1-19H3;3*1H;/q-1;;;;+4/p-3. The van der Waals surface area contributed by atoms with E-state index >= 15 is 0 Å². The van der Waals surface area contributed by atoms with Crippen molar-refractivity contribution in [2.75, 3.05) is 0 Å². The number of aryl methyl sites for hydroxylation is 6. The van der Waals surface area contributed by atoms with Gasteiger partial charge in [0.05, 0.1) is 24.2 Å². The van der Waals surface area contributed by atoms with Crippen molar-refractivity contribution in [3.8, 4) is 0 Å². The third-order valence-corrected chi connectivity index (χ3v) is 22.8. The summed E-state index contributed by atoms with van der Waals surface area (Å²) in [5.41, 5.74) is 14.9. The first kappa shape index (κ1) is 49.5. The third kappa shape index (κ3) is 8.55. The first-order valence-corrected chi connectivity index (χ1v) is 30.0. The molecule has 0 heterocycles. The summed E-state index contributed by atoms with van der Waals surface area (Å²) in [6, 6.07) is 15.9. The molecule has 8 heteroatoms. The van der Waals surface area contributed by atoms with Gasteiger partial charge in [-0.15, -0.1) is 0 Å². The van der Waals surface area contributed by atoms with Crippen LogP contribution in [0.15, 0.2) is 36.4 Å². The van der Waals surface area contributed by atoms with Crippen LogP contribution < -0.4 is 73.5 Å². The van der Waals surface area contributed by atoms with E-state index in [1.807, 2.05) is 0 Å². The van der Waals surface area contributed by atoms with E-state index in [1.54, 1.807) is 36.3 Å². The summed E-state index contributed by atoms with van der Waals surface area (Å²) < 4.78 is 0. The molecule has 0 unspecified atom stereocenters. The van der Waals surface area contributed by atoms with E-state index in [9.17, 15) is 0 Å². The molecule has 0 radical (unpaired) electrons. The summed E-state index contributed by atoms with van der Waals surface area (Å²) in [6.07, 6.45) is 0. The molecule has 0 aliphatic rings. The topological polar surface area (TPSA) is 0 Å². The second kappa shape index (κ2) is 16.9. The monoisotopic (exact) mass is 832 g/mol. The van der Waals surface area contributed by atoms with Gasteiger partial charge in [-0.2, -0.15) is 27.4 Å². The molecular weight excluding hydrogens is 771 g/mol. The number of hydrogen-bond acceptors (Lipinski definition) is 0. The second-order valence-corrected chi connectivity index (χ2v) is 36.6. The van der Waals surface area contributed by atoms with Crippen LogP contribution in [0.2, 0.25) is 58.9 Å². The van der Waals surface area contributed by atoms with Crippen molar-refractivity contribution >= 4 is 68.6 Å². The van der Waals surface area contributed by atoms with E-state index in [-0.39, 0.29) is 58.9 Å². The van der Waals surface area contributed by atoms with Crippen molar-refractivity contribution in [3.63, 3.8) is 0 Å². The molecule has 4 aromatic rings. The number of benzene rings is 3. The molecule has 0 aliphatic carbocycles. The fraction of sp³-hybridized carbons (Fsp3) is 0.452. The molecule has 0 nitrogen and oxygen atoms in total. The Morgan fingerprint density at radius 2 is 0.620 bits per heavy atom. The predicted molar refractivity (Wildman–Crippen MR) is 222 cm³/mol. The van der Waals surface area contributed by atoms with E-state index in [2.05, 4.69) is 165 Å². The molecule has 0 N–H and O–H groups in total. The number of rotatable bonds is 7. The summed E-state index contributed by atoms with van der Waals surface area (Å²) in [6.45, 7) is 46.6. The SMILES string of the molecule is Cc1cc([Si](c2cc(C)c([Si](C)(C)C)c(C)c2)(c2cc(C)c([Si](C)(C)C)c(C)c2)c2c(C)c(C)c(C)[c-]2C)cc(C)c1[Si](C)(C)C.[Cl-].[Cl-].[Cl-].[Ti+4].